The highest BCUT2D eigenvalue weighted by atomic mass is 19.1. The second kappa shape index (κ2) is 3.85. The van der Waals surface area contributed by atoms with Gasteiger partial charge in [0.05, 0.1) is 5.56 Å². The summed E-state index contributed by atoms with van der Waals surface area (Å²) < 4.78 is 12.9. The first-order valence-electron chi connectivity index (χ1n) is 3.77. The summed E-state index contributed by atoms with van der Waals surface area (Å²) in [4.78, 5) is 10.4. The number of nitrogens with one attached hydrogen (secondary N) is 1. The summed E-state index contributed by atoms with van der Waals surface area (Å²) >= 11 is 0. The minimum Gasteiger partial charge on any atom is -0.385 e. The molecule has 1 N–H and O–H groups in total. The van der Waals surface area contributed by atoms with Gasteiger partial charge in [0.15, 0.2) is 6.29 Å². The predicted octanol–water partition coefficient (Wildman–Crippen LogP) is 2.07. The molecule has 0 aliphatic heterocycles. The van der Waals surface area contributed by atoms with Gasteiger partial charge in [-0.15, -0.1) is 0 Å². The van der Waals surface area contributed by atoms with E-state index < -0.39 is 5.82 Å². The molecule has 0 bridgehead atoms. The van der Waals surface area contributed by atoms with Crippen molar-refractivity contribution in [3.8, 4) is 0 Å². The van der Waals surface area contributed by atoms with Crippen molar-refractivity contribution in [2.45, 2.75) is 6.92 Å². The van der Waals surface area contributed by atoms with Gasteiger partial charge in [-0.3, -0.25) is 4.79 Å². The zero-order chi connectivity index (χ0) is 8.97. The van der Waals surface area contributed by atoms with Crippen LogP contribution in [0.1, 0.15) is 17.3 Å². The van der Waals surface area contributed by atoms with Gasteiger partial charge >= 0.3 is 0 Å². The van der Waals surface area contributed by atoms with Crippen LogP contribution >= 0.6 is 0 Å². The first-order chi connectivity index (χ1) is 5.79. The van der Waals surface area contributed by atoms with E-state index in [4.69, 9.17) is 0 Å². The molecular weight excluding hydrogens is 157 g/mol. The Morgan fingerprint density at radius 3 is 2.92 bits per heavy atom. The van der Waals surface area contributed by atoms with Crippen LogP contribution in [0.25, 0.3) is 0 Å². The molecule has 1 aromatic rings. The molecule has 0 fully saturated rings. The smallest absolute Gasteiger partial charge is 0.155 e. The van der Waals surface area contributed by atoms with Crippen molar-refractivity contribution in [3.05, 3.63) is 29.6 Å². The largest absolute Gasteiger partial charge is 0.385 e. The number of carbonyl (C=O) groups is 1. The molecule has 0 saturated carbocycles. The maximum Gasteiger partial charge on any atom is 0.155 e. The first kappa shape index (κ1) is 8.71. The van der Waals surface area contributed by atoms with E-state index in [0.29, 0.717) is 18.5 Å². The first-order valence-corrected chi connectivity index (χ1v) is 3.77. The van der Waals surface area contributed by atoms with Gasteiger partial charge in [0.1, 0.15) is 5.82 Å². The summed E-state index contributed by atoms with van der Waals surface area (Å²) in [7, 11) is 0. The number of hydrogen-bond acceptors (Lipinski definition) is 2. The Morgan fingerprint density at radius 1 is 1.58 bits per heavy atom. The Labute approximate surface area is 70.4 Å². The Bertz CT molecular complexity index is 286. The molecule has 0 aliphatic carbocycles. The number of hydrogen-bond donors (Lipinski definition) is 1. The quantitative estimate of drug-likeness (QED) is 0.698. The zero-order valence-electron chi connectivity index (χ0n) is 6.80. The molecule has 0 atom stereocenters. The molecule has 1 rings (SSSR count). The lowest BCUT2D eigenvalue weighted by molar-refractivity contribution is 0.112. The normalized spacial score (nSPS) is 9.50. The van der Waals surface area contributed by atoms with Crippen molar-refractivity contribution in [1.29, 1.82) is 0 Å². The Morgan fingerprint density at radius 2 is 2.33 bits per heavy atom. The summed E-state index contributed by atoms with van der Waals surface area (Å²) in [6.45, 7) is 2.56. The summed E-state index contributed by atoms with van der Waals surface area (Å²) in [5.41, 5.74) is 0.645. The van der Waals surface area contributed by atoms with Crippen LogP contribution in [0.3, 0.4) is 0 Å². The number of anilines is 1. The van der Waals surface area contributed by atoms with Gasteiger partial charge in [-0.2, -0.15) is 0 Å². The second-order valence-electron chi connectivity index (χ2n) is 2.35. The van der Waals surface area contributed by atoms with Crippen LogP contribution in [-0.4, -0.2) is 12.8 Å². The molecule has 0 aromatic heterocycles. The van der Waals surface area contributed by atoms with E-state index in [-0.39, 0.29) is 5.56 Å². The van der Waals surface area contributed by atoms with E-state index in [1.165, 1.54) is 6.07 Å². The summed E-state index contributed by atoms with van der Waals surface area (Å²) in [6, 6.07) is 4.52. The second-order valence-corrected chi connectivity index (χ2v) is 2.35. The van der Waals surface area contributed by atoms with Gasteiger partial charge < -0.3 is 5.32 Å². The van der Waals surface area contributed by atoms with E-state index in [2.05, 4.69) is 5.32 Å². The van der Waals surface area contributed by atoms with E-state index in [0.717, 1.165) is 0 Å². The highest BCUT2D eigenvalue weighted by Gasteiger charge is 2.04. The standard InChI is InChI=1S/C9H10FNO/c1-2-11-9-5-3-4-8(10)7(9)6-12/h3-6,11H,2H2,1H3. The highest BCUT2D eigenvalue weighted by Crippen LogP contribution is 2.15. The summed E-state index contributed by atoms with van der Waals surface area (Å²) in [6.07, 6.45) is 0.521. The van der Waals surface area contributed by atoms with Crippen LogP contribution in [-0.2, 0) is 0 Å². The molecule has 0 radical (unpaired) electrons. The minimum absolute atomic E-state index is 0.0966. The van der Waals surface area contributed by atoms with Crippen molar-refractivity contribution >= 4 is 12.0 Å². The van der Waals surface area contributed by atoms with Crippen molar-refractivity contribution in [2.75, 3.05) is 11.9 Å². The molecule has 12 heavy (non-hydrogen) atoms. The van der Waals surface area contributed by atoms with Gasteiger partial charge in [0.2, 0.25) is 0 Å². The van der Waals surface area contributed by atoms with Crippen LogP contribution in [0.4, 0.5) is 10.1 Å². The molecule has 0 amide bonds. The summed E-state index contributed by atoms with van der Waals surface area (Å²) in [5, 5.41) is 2.90. The lowest BCUT2D eigenvalue weighted by Gasteiger charge is -2.05. The van der Waals surface area contributed by atoms with E-state index in [1.54, 1.807) is 12.1 Å². The fraction of sp³-hybridized carbons (Fsp3) is 0.222. The maximum atomic E-state index is 12.9. The van der Waals surface area contributed by atoms with E-state index in [9.17, 15) is 9.18 Å². The summed E-state index contributed by atoms with van der Waals surface area (Å²) in [5.74, 6) is -0.483. The molecule has 2 nitrogen and oxygen atoms in total. The molecular formula is C9H10FNO. The molecule has 3 heteroatoms. The van der Waals surface area contributed by atoms with Crippen LogP contribution < -0.4 is 5.32 Å². The van der Waals surface area contributed by atoms with Gasteiger partial charge in [0.25, 0.3) is 0 Å². The topological polar surface area (TPSA) is 29.1 Å². The third kappa shape index (κ3) is 1.61. The van der Waals surface area contributed by atoms with Crippen LogP contribution in [0.15, 0.2) is 18.2 Å². The molecule has 0 heterocycles. The SMILES string of the molecule is CCNc1cccc(F)c1C=O. The average molecular weight is 167 g/mol. The Kier molecular flexibility index (Phi) is 2.80. The van der Waals surface area contributed by atoms with Crippen molar-refractivity contribution in [2.24, 2.45) is 0 Å². The van der Waals surface area contributed by atoms with Crippen LogP contribution in [0, 0.1) is 5.82 Å². The van der Waals surface area contributed by atoms with Crippen molar-refractivity contribution in [1.82, 2.24) is 0 Å². The van der Waals surface area contributed by atoms with E-state index >= 15 is 0 Å². The molecule has 1 aromatic carbocycles. The number of halogens is 1. The number of carbonyl (C=O) groups excluding carboxylic acids is 1. The van der Waals surface area contributed by atoms with Gasteiger partial charge in [-0.05, 0) is 19.1 Å². The maximum absolute atomic E-state index is 12.9. The molecule has 64 valence electrons. The average Bonchev–Trinajstić information content (AvgIpc) is 2.05. The lowest BCUT2D eigenvalue weighted by atomic mass is 10.2. The Hall–Kier alpha value is -1.38. The third-order valence-electron chi connectivity index (χ3n) is 1.54. The predicted molar refractivity (Wildman–Crippen MR) is 46.0 cm³/mol. The molecule has 0 aliphatic rings. The number of aldehydes is 1. The number of rotatable bonds is 3. The fourth-order valence-electron chi connectivity index (χ4n) is 1.00. The third-order valence-corrected chi connectivity index (χ3v) is 1.54. The van der Waals surface area contributed by atoms with Gasteiger partial charge in [0, 0.05) is 12.2 Å². The monoisotopic (exact) mass is 167 g/mol. The Balaban J connectivity index is 3.09. The molecule has 0 spiro atoms. The van der Waals surface area contributed by atoms with E-state index in [1.807, 2.05) is 6.92 Å². The minimum atomic E-state index is -0.483. The van der Waals surface area contributed by atoms with Crippen molar-refractivity contribution < 1.29 is 9.18 Å². The van der Waals surface area contributed by atoms with Crippen LogP contribution in [0.5, 0.6) is 0 Å². The van der Waals surface area contributed by atoms with Gasteiger partial charge in [-0.25, -0.2) is 4.39 Å². The molecule has 0 unspecified atom stereocenters. The zero-order valence-corrected chi connectivity index (χ0v) is 6.80. The highest BCUT2D eigenvalue weighted by molar-refractivity contribution is 5.84. The fourth-order valence-corrected chi connectivity index (χ4v) is 1.00. The molecule has 0 saturated heterocycles. The number of benzene rings is 1. The van der Waals surface area contributed by atoms with Crippen molar-refractivity contribution in [3.63, 3.8) is 0 Å². The van der Waals surface area contributed by atoms with Crippen LogP contribution in [0.2, 0.25) is 0 Å². The lowest BCUT2D eigenvalue weighted by Crippen LogP contribution is -2.01. The van der Waals surface area contributed by atoms with Gasteiger partial charge in [-0.1, -0.05) is 6.07 Å².